The van der Waals surface area contributed by atoms with Gasteiger partial charge in [-0.05, 0) is 35.2 Å². The Morgan fingerprint density at radius 1 is 1.00 bits per heavy atom. The average Bonchev–Trinajstić information content (AvgIpc) is 2.49. The van der Waals surface area contributed by atoms with Gasteiger partial charge in [-0.1, -0.05) is 36.4 Å². The largest absolute Gasteiger partial charge is 0.506 e. The third-order valence-electron chi connectivity index (χ3n) is 3.64. The zero-order valence-electron chi connectivity index (χ0n) is 11.5. The van der Waals surface area contributed by atoms with Crippen molar-refractivity contribution in [1.29, 1.82) is 0 Å². The molecule has 1 atom stereocenters. The number of rotatable bonds is 3. The van der Waals surface area contributed by atoms with Crippen LogP contribution in [0.5, 0.6) is 5.75 Å². The first-order valence-electron chi connectivity index (χ1n) is 6.70. The molecule has 0 aliphatic heterocycles. The molecular formula is C17H15NO3. The van der Waals surface area contributed by atoms with E-state index in [1.54, 1.807) is 13.0 Å². The van der Waals surface area contributed by atoms with E-state index in [2.05, 4.69) is 5.32 Å². The molecule has 0 spiro atoms. The maximum Gasteiger partial charge on any atom is 0.325 e. The molecule has 21 heavy (non-hydrogen) atoms. The number of benzene rings is 3. The Bertz CT molecular complexity index is 842. The molecule has 0 unspecified atom stereocenters. The molecule has 106 valence electrons. The van der Waals surface area contributed by atoms with Crippen LogP contribution in [0.25, 0.3) is 21.5 Å². The van der Waals surface area contributed by atoms with Crippen LogP contribution in [-0.2, 0) is 4.79 Å². The zero-order chi connectivity index (χ0) is 15.0. The minimum absolute atomic E-state index is 0.0471. The summed E-state index contributed by atoms with van der Waals surface area (Å²) in [7, 11) is 0. The van der Waals surface area contributed by atoms with Gasteiger partial charge in [-0.3, -0.25) is 4.79 Å². The van der Waals surface area contributed by atoms with Crippen molar-refractivity contribution in [2.75, 3.05) is 5.32 Å². The van der Waals surface area contributed by atoms with Crippen molar-refractivity contribution in [1.82, 2.24) is 0 Å². The van der Waals surface area contributed by atoms with Crippen molar-refractivity contribution in [2.45, 2.75) is 13.0 Å². The number of phenols is 1. The van der Waals surface area contributed by atoms with Gasteiger partial charge in [0.25, 0.3) is 0 Å². The normalized spacial score (nSPS) is 12.4. The molecule has 0 heterocycles. The van der Waals surface area contributed by atoms with E-state index in [0.29, 0.717) is 5.69 Å². The number of carbonyl (C=O) groups is 1. The monoisotopic (exact) mass is 281 g/mol. The highest BCUT2D eigenvalue weighted by atomic mass is 16.4. The average molecular weight is 281 g/mol. The first kappa shape index (κ1) is 13.2. The number of aliphatic carboxylic acids is 1. The summed E-state index contributed by atoms with van der Waals surface area (Å²) >= 11 is 0. The Hall–Kier alpha value is -2.75. The van der Waals surface area contributed by atoms with Crippen molar-refractivity contribution in [2.24, 2.45) is 0 Å². The van der Waals surface area contributed by atoms with Gasteiger partial charge >= 0.3 is 5.97 Å². The summed E-state index contributed by atoms with van der Waals surface area (Å²) in [5.74, 6) is -0.918. The number of aromatic hydroxyl groups is 1. The molecule has 3 N–H and O–H groups in total. The Morgan fingerprint density at radius 3 is 2.48 bits per heavy atom. The molecular weight excluding hydrogens is 266 g/mol. The van der Waals surface area contributed by atoms with Crippen LogP contribution in [0.3, 0.4) is 0 Å². The summed E-state index contributed by atoms with van der Waals surface area (Å²) in [6.45, 7) is 1.54. The molecule has 0 aliphatic carbocycles. The summed E-state index contributed by atoms with van der Waals surface area (Å²) in [5.41, 5.74) is 0.452. The second-order valence-electron chi connectivity index (χ2n) is 5.05. The topological polar surface area (TPSA) is 69.6 Å². The lowest BCUT2D eigenvalue weighted by atomic mass is 10.00. The molecule has 0 saturated carbocycles. The van der Waals surface area contributed by atoms with Crippen LogP contribution in [-0.4, -0.2) is 22.2 Å². The minimum atomic E-state index is -0.966. The quantitative estimate of drug-likeness (QED) is 0.507. The molecule has 0 aliphatic rings. The van der Waals surface area contributed by atoms with Gasteiger partial charge in [0.15, 0.2) is 0 Å². The third kappa shape index (κ3) is 2.25. The van der Waals surface area contributed by atoms with Gasteiger partial charge in [0.2, 0.25) is 0 Å². The predicted molar refractivity (Wildman–Crippen MR) is 83.8 cm³/mol. The SMILES string of the molecule is C[C@H](Nc1c(O)ccc2c1ccc1ccccc12)C(=O)O. The second-order valence-corrected chi connectivity index (χ2v) is 5.05. The molecule has 0 amide bonds. The molecule has 0 radical (unpaired) electrons. The number of anilines is 1. The lowest BCUT2D eigenvalue weighted by molar-refractivity contribution is -0.137. The van der Waals surface area contributed by atoms with E-state index in [4.69, 9.17) is 5.11 Å². The lowest BCUT2D eigenvalue weighted by Gasteiger charge is -2.16. The summed E-state index contributed by atoms with van der Waals surface area (Å²) in [4.78, 5) is 11.0. The van der Waals surface area contributed by atoms with Gasteiger partial charge in [-0.25, -0.2) is 0 Å². The highest BCUT2D eigenvalue weighted by Crippen LogP contribution is 2.36. The first-order chi connectivity index (χ1) is 10.1. The molecule has 3 aromatic carbocycles. The van der Waals surface area contributed by atoms with Crippen molar-refractivity contribution in [3.05, 3.63) is 48.5 Å². The van der Waals surface area contributed by atoms with Gasteiger partial charge in [0, 0.05) is 5.39 Å². The van der Waals surface area contributed by atoms with Crippen LogP contribution in [0, 0.1) is 0 Å². The predicted octanol–water partition coefficient (Wildman–Crippen LogP) is 3.58. The van der Waals surface area contributed by atoms with E-state index < -0.39 is 12.0 Å². The molecule has 0 fully saturated rings. The number of hydrogen-bond acceptors (Lipinski definition) is 3. The van der Waals surface area contributed by atoms with Crippen molar-refractivity contribution in [3.63, 3.8) is 0 Å². The number of hydrogen-bond donors (Lipinski definition) is 3. The standard InChI is InChI=1S/C17H15NO3/c1-10(17(20)21)18-16-14-7-6-11-4-2-3-5-12(11)13(14)8-9-15(16)19/h2-10,18-19H,1H3,(H,20,21)/t10-/m0/s1. The number of phenolic OH excluding ortho intramolecular Hbond substituents is 1. The van der Waals surface area contributed by atoms with Gasteiger partial charge in [-0.15, -0.1) is 0 Å². The minimum Gasteiger partial charge on any atom is -0.506 e. The second kappa shape index (κ2) is 4.98. The molecule has 3 aromatic rings. The van der Waals surface area contributed by atoms with E-state index in [9.17, 15) is 9.90 Å². The van der Waals surface area contributed by atoms with E-state index >= 15 is 0 Å². The maximum absolute atomic E-state index is 11.0. The Kier molecular flexibility index (Phi) is 3.14. The fourth-order valence-electron chi connectivity index (χ4n) is 2.51. The fraction of sp³-hybridized carbons (Fsp3) is 0.118. The molecule has 0 aromatic heterocycles. The number of carboxylic acids is 1. The maximum atomic E-state index is 11.0. The van der Waals surface area contributed by atoms with Crippen LogP contribution in [0.1, 0.15) is 6.92 Å². The van der Waals surface area contributed by atoms with Gasteiger partial charge < -0.3 is 15.5 Å². The highest BCUT2D eigenvalue weighted by molar-refractivity contribution is 6.12. The van der Waals surface area contributed by atoms with Crippen molar-refractivity contribution >= 4 is 33.2 Å². The van der Waals surface area contributed by atoms with E-state index in [1.807, 2.05) is 42.5 Å². The Balaban J connectivity index is 2.26. The molecule has 4 nitrogen and oxygen atoms in total. The van der Waals surface area contributed by atoms with Crippen LogP contribution in [0.2, 0.25) is 0 Å². The lowest BCUT2D eigenvalue weighted by Crippen LogP contribution is -2.25. The summed E-state index contributed by atoms with van der Waals surface area (Å²) in [6, 6.07) is 14.5. The fourth-order valence-corrected chi connectivity index (χ4v) is 2.51. The smallest absolute Gasteiger partial charge is 0.325 e. The number of fused-ring (bicyclic) bond motifs is 3. The van der Waals surface area contributed by atoms with Crippen LogP contribution in [0.15, 0.2) is 48.5 Å². The van der Waals surface area contributed by atoms with Crippen molar-refractivity contribution in [3.8, 4) is 5.75 Å². The molecule has 3 rings (SSSR count). The summed E-state index contributed by atoms with van der Waals surface area (Å²) in [6.07, 6.45) is 0. The van der Waals surface area contributed by atoms with E-state index in [0.717, 1.165) is 21.5 Å². The number of nitrogens with one attached hydrogen (secondary N) is 1. The first-order valence-corrected chi connectivity index (χ1v) is 6.70. The zero-order valence-corrected chi connectivity index (χ0v) is 11.5. The van der Waals surface area contributed by atoms with E-state index in [-0.39, 0.29) is 5.75 Å². The highest BCUT2D eigenvalue weighted by Gasteiger charge is 2.15. The van der Waals surface area contributed by atoms with Crippen LogP contribution in [0.4, 0.5) is 5.69 Å². The Labute approximate surface area is 121 Å². The third-order valence-corrected chi connectivity index (χ3v) is 3.64. The molecule has 0 bridgehead atoms. The molecule has 4 heteroatoms. The van der Waals surface area contributed by atoms with Gasteiger partial charge in [0.05, 0.1) is 5.69 Å². The molecule has 0 saturated heterocycles. The van der Waals surface area contributed by atoms with Crippen molar-refractivity contribution < 1.29 is 15.0 Å². The summed E-state index contributed by atoms with van der Waals surface area (Å²) < 4.78 is 0. The van der Waals surface area contributed by atoms with Gasteiger partial charge in [0.1, 0.15) is 11.8 Å². The summed E-state index contributed by atoms with van der Waals surface area (Å²) in [5, 5.41) is 25.9. The Morgan fingerprint density at radius 2 is 1.71 bits per heavy atom. The van der Waals surface area contributed by atoms with Crippen LogP contribution >= 0.6 is 0 Å². The van der Waals surface area contributed by atoms with Gasteiger partial charge in [-0.2, -0.15) is 0 Å². The number of carboxylic acid groups (broad SMARTS) is 1. The van der Waals surface area contributed by atoms with E-state index in [1.165, 1.54) is 0 Å². The van der Waals surface area contributed by atoms with Crippen LogP contribution < -0.4 is 5.32 Å².